The Balaban J connectivity index is 2.20. The molecule has 0 saturated carbocycles. The van der Waals surface area contributed by atoms with Crippen LogP contribution in [0.3, 0.4) is 0 Å². The lowest BCUT2D eigenvalue weighted by Crippen LogP contribution is -1.87. The smallest absolute Gasteiger partial charge is 0.150 e. The van der Waals surface area contributed by atoms with Gasteiger partial charge in [0.1, 0.15) is 22.9 Å². The van der Waals surface area contributed by atoms with Crippen LogP contribution in [-0.2, 0) is 0 Å². The number of aromatic nitrogens is 1. The lowest BCUT2D eigenvalue weighted by atomic mass is 10.2. The van der Waals surface area contributed by atoms with Crippen molar-refractivity contribution in [1.29, 1.82) is 0 Å². The van der Waals surface area contributed by atoms with Crippen LogP contribution in [0.15, 0.2) is 42.6 Å². The summed E-state index contributed by atoms with van der Waals surface area (Å²) in [4.78, 5) is 14.5. The fourth-order valence-electron chi connectivity index (χ4n) is 1.21. The third-order valence-corrected chi connectivity index (χ3v) is 2.15. The molecule has 0 fully saturated rings. The van der Waals surface area contributed by atoms with E-state index in [0.717, 1.165) is 6.29 Å². The van der Waals surface area contributed by atoms with Gasteiger partial charge in [-0.05, 0) is 24.3 Å². The van der Waals surface area contributed by atoms with E-state index in [1.54, 1.807) is 36.4 Å². The lowest BCUT2D eigenvalue weighted by molar-refractivity contribution is 0.112. The molecule has 0 unspecified atom stereocenters. The van der Waals surface area contributed by atoms with Crippen LogP contribution in [0.25, 0.3) is 0 Å². The maximum Gasteiger partial charge on any atom is 0.150 e. The van der Waals surface area contributed by atoms with Gasteiger partial charge in [-0.2, -0.15) is 0 Å². The number of halogens is 1. The monoisotopic (exact) mass is 233 g/mol. The highest BCUT2D eigenvalue weighted by molar-refractivity contribution is 6.29. The minimum Gasteiger partial charge on any atom is -0.456 e. The number of ether oxygens (including phenoxy) is 1. The number of aldehydes is 1. The summed E-state index contributed by atoms with van der Waals surface area (Å²) in [5.74, 6) is 1.17. The van der Waals surface area contributed by atoms with Gasteiger partial charge in [-0.1, -0.05) is 23.7 Å². The van der Waals surface area contributed by atoms with Gasteiger partial charge >= 0.3 is 0 Å². The van der Waals surface area contributed by atoms with Crippen LogP contribution in [0.1, 0.15) is 10.4 Å². The van der Waals surface area contributed by atoms with E-state index in [-0.39, 0.29) is 0 Å². The molecule has 0 aliphatic heterocycles. The summed E-state index contributed by atoms with van der Waals surface area (Å²) in [5.41, 5.74) is 0.569. The zero-order chi connectivity index (χ0) is 11.4. The number of carbonyl (C=O) groups is 1. The summed E-state index contributed by atoms with van der Waals surface area (Å²) in [6, 6.07) is 10.2. The van der Waals surface area contributed by atoms with E-state index < -0.39 is 0 Å². The fraction of sp³-hybridized carbons (Fsp3) is 0. The van der Waals surface area contributed by atoms with Crippen LogP contribution < -0.4 is 4.74 Å². The first-order valence-corrected chi connectivity index (χ1v) is 5.00. The number of rotatable bonds is 3. The van der Waals surface area contributed by atoms with Gasteiger partial charge in [-0.15, -0.1) is 0 Å². The lowest BCUT2D eigenvalue weighted by Gasteiger charge is -2.05. The maximum absolute atomic E-state index is 10.6. The number of hydrogen-bond acceptors (Lipinski definition) is 3. The molecule has 2 aromatic rings. The van der Waals surface area contributed by atoms with Crippen molar-refractivity contribution < 1.29 is 9.53 Å². The van der Waals surface area contributed by atoms with Gasteiger partial charge in [0.15, 0.2) is 0 Å². The average Bonchev–Trinajstić information content (AvgIpc) is 2.32. The highest BCUT2D eigenvalue weighted by Crippen LogP contribution is 2.21. The van der Waals surface area contributed by atoms with E-state index in [4.69, 9.17) is 16.3 Å². The van der Waals surface area contributed by atoms with Crippen molar-refractivity contribution in [2.75, 3.05) is 0 Å². The predicted octanol–water partition coefficient (Wildman–Crippen LogP) is 3.34. The van der Waals surface area contributed by atoms with Gasteiger partial charge < -0.3 is 4.74 Å². The van der Waals surface area contributed by atoms with E-state index in [1.807, 2.05) is 0 Å². The molecule has 1 heterocycles. The molecule has 4 heteroatoms. The zero-order valence-corrected chi connectivity index (χ0v) is 9.02. The van der Waals surface area contributed by atoms with Gasteiger partial charge in [0, 0.05) is 5.56 Å². The number of carbonyl (C=O) groups excluding carboxylic acids is 1. The molecule has 16 heavy (non-hydrogen) atoms. The van der Waals surface area contributed by atoms with Crippen LogP contribution in [0.2, 0.25) is 5.15 Å². The molecule has 0 radical (unpaired) electrons. The second-order valence-electron chi connectivity index (χ2n) is 3.11. The van der Waals surface area contributed by atoms with Gasteiger partial charge in [-0.25, -0.2) is 4.98 Å². The Morgan fingerprint density at radius 2 is 2.06 bits per heavy atom. The summed E-state index contributed by atoms with van der Waals surface area (Å²) in [6.07, 6.45) is 2.29. The Bertz CT molecular complexity index is 497. The van der Waals surface area contributed by atoms with Crippen molar-refractivity contribution in [1.82, 2.24) is 4.98 Å². The molecule has 3 nitrogen and oxygen atoms in total. The molecule has 0 aliphatic carbocycles. The highest BCUT2D eigenvalue weighted by Gasteiger charge is 1.99. The first-order valence-electron chi connectivity index (χ1n) is 4.62. The van der Waals surface area contributed by atoms with Crippen molar-refractivity contribution in [2.45, 2.75) is 0 Å². The van der Waals surface area contributed by atoms with Crippen molar-refractivity contribution in [3.63, 3.8) is 0 Å². The van der Waals surface area contributed by atoms with Crippen LogP contribution in [0, 0.1) is 0 Å². The van der Waals surface area contributed by atoms with Crippen LogP contribution in [0.4, 0.5) is 0 Å². The van der Waals surface area contributed by atoms with Gasteiger partial charge in [0.25, 0.3) is 0 Å². The van der Waals surface area contributed by atoms with E-state index in [9.17, 15) is 4.79 Å². The predicted molar refractivity (Wildman–Crippen MR) is 61.2 cm³/mol. The largest absolute Gasteiger partial charge is 0.456 e. The zero-order valence-electron chi connectivity index (χ0n) is 8.26. The summed E-state index contributed by atoms with van der Waals surface area (Å²) in [6.45, 7) is 0. The number of pyridine rings is 1. The number of hydrogen-bond donors (Lipinski definition) is 0. The number of nitrogens with zero attached hydrogens (tertiary/aromatic N) is 1. The first kappa shape index (κ1) is 10.6. The van der Waals surface area contributed by atoms with Crippen LogP contribution >= 0.6 is 11.6 Å². The van der Waals surface area contributed by atoms with Gasteiger partial charge in [-0.3, -0.25) is 4.79 Å². The standard InChI is InChI=1S/C12H8ClNO2/c13-12-5-4-11(7-14-12)16-10-3-1-2-9(6-10)8-15/h1-8H. The van der Waals surface area contributed by atoms with E-state index >= 15 is 0 Å². The summed E-state index contributed by atoms with van der Waals surface area (Å²) < 4.78 is 5.50. The van der Waals surface area contributed by atoms with Crippen molar-refractivity contribution >= 4 is 17.9 Å². The van der Waals surface area contributed by atoms with Gasteiger partial charge in [0.05, 0.1) is 6.20 Å². The number of benzene rings is 1. The highest BCUT2D eigenvalue weighted by atomic mass is 35.5. The molecule has 0 amide bonds. The molecule has 0 saturated heterocycles. The minimum absolute atomic E-state index is 0.411. The Kier molecular flexibility index (Phi) is 3.17. The molecular weight excluding hydrogens is 226 g/mol. The molecule has 0 N–H and O–H groups in total. The Morgan fingerprint density at radius 3 is 2.75 bits per heavy atom. The summed E-state index contributed by atoms with van der Waals surface area (Å²) >= 11 is 5.65. The minimum atomic E-state index is 0.411. The summed E-state index contributed by atoms with van der Waals surface area (Å²) in [5, 5.41) is 0.411. The SMILES string of the molecule is O=Cc1cccc(Oc2ccc(Cl)nc2)c1. The van der Waals surface area contributed by atoms with Crippen LogP contribution in [-0.4, -0.2) is 11.3 Å². The quantitative estimate of drug-likeness (QED) is 0.603. The maximum atomic E-state index is 10.6. The first-order chi connectivity index (χ1) is 7.78. The Hall–Kier alpha value is -1.87. The Labute approximate surface area is 97.7 Å². The topological polar surface area (TPSA) is 39.2 Å². The molecule has 80 valence electrons. The van der Waals surface area contributed by atoms with Crippen molar-refractivity contribution in [2.24, 2.45) is 0 Å². The second-order valence-corrected chi connectivity index (χ2v) is 3.50. The Morgan fingerprint density at radius 1 is 1.19 bits per heavy atom. The molecular formula is C12H8ClNO2. The molecule has 0 spiro atoms. The fourth-order valence-corrected chi connectivity index (χ4v) is 1.32. The molecule has 0 atom stereocenters. The van der Waals surface area contributed by atoms with Gasteiger partial charge in [0.2, 0.25) is 0 Å². The van der Waals surface area contributed by atoms with Crippen LogP contribution in [0.5, 0.6) is 11.5 Å². The van der Waals surface area contributed by atoms with E-state index in [1.165, 1.54) is 6.20 Å². The van der Waals surface area contributed by atoms with E-state index in [0.29, 0.717) is 22.2 Å². The van der Waals surface area contributed by atoms with Crippen molar-refractivity contribution in [3.05, 3.63) is 53.3 Å². The molecule has 1 aromatic heterocycles. The summed E-state index contributed by atoms with van der Waals surface area (Å²) in [7, 11) is 0. The normalized spacial score (nSPS) is 9.81. The molecule has 1 aromatic carbocycles. The molecule has 0 bridgehead atoms. The van der Waals surface area contributed by atoms with E-state index in [2.05, 4.69) is 4.98 Å². The third-order valence-electron chi connectivity index (χ3n) is 1.93. The second kappa shape index (κ2) is 4.77. The average molecular weight is 234 g/mol. The van der Waals surface area contributed by atoms with Crippen molar-refractivity contribution in [3.8, 4) is 11.5 Å². The molecule has 2 rings (SSSR count). The molecule has 0 aliphatic rings. The third kappa shape index (κ3) is 2.58.